The third-order valence-corrected chi connectivity index (χ3v) is 3.67. The van der Waals surface area contributed by atoms with Gasteiger partial charge in [-0.3, -0.25) is 9.05 Å². The number of aliphatic hydroxyl groups is 1. The zero-order valence-electron chi connectivity index (χ0n) is 11.5. The maximum absolute atomic E-state index is 11.2. The SMILES string of the molecule is CCCCCCCCC(O)COP(=O)(O)OCC. The quantitative estimate of drug-likeness (QED) is 0.424. The van der Waals surface area contributed by atoms with E-state index in [9.17, 15) is 9.67 Å². The number of phosphoric ester groups is 1. The first kappa shape index (κ1) is 18.1. The lowest BCUT2D eigenvalue weighted by molar-refractivity contribution is 0.0682. The van der Waals surface area contributed by atoms with E-state index in [4.69, 9.17) is 4.89 Å². The zero-order valence-corrected chi connectivity index (χ0v) is 12.4. The van der Waals surface area contributed by atoms with Gasteiger partial charge in [0.15, 0.2) is 0 Å². The van der Waals surface area contributed by atoms with E-state index in [2.05, 4.69) is 16.0 Å². The number of rotatable bonds is 12. The van der Waals surface area contributed by atoms with Crippen LogP contribution < -0.4 is 0 Å². The molecule has 0 spiro atoms. The van der Waals surface area contributed by atoms with Crippen molar-refractivity contribution in [2.75, 3.05) is 13.2 Å². The van der Waals surface area contributed by atoms with Crippen LogP contribution in [0.4, 0.5) is 0 Å². The summed E-state index contributed by atoms with van der Waals surface area (Å²) in [6, 6.07) is 0. The van der Waals surface area contributed by atoms with E-state index in [0.29, 0.717) is 6.42 Å². The highest BCUT2D eigenvalue weighted by Crippen LogP contribution is 2.42. The molecule has 5 nitrogen and oxygen atoms in total. The summed E-state index contributed by atoms with van der Waals surface area (Å²) in [7, 11) is -3.96. The van der Waals surface area contributed by atoms with E-state index < -0.39 is 13.9 Å². The standard InChI is InChI=1S/C12H27O5P/c1-3-5-6-7-8-9-10-12(13)11-17-18(14,15)16-4-2/h12-13H,3-11H2,1-2H3,(H,14,15). The second-order valence-corrected chi connectivity index (χ2v) is 5.85. The molecule has 0 aromatic carbocycles. The topological polar surface area (TPSA) is 76.0 Å². The first-order chi connectivity index (χ1) is 8.52. The average Bonchev–Trinajstić information content (AvgIpc) is 2.31. The Balaban J connectivity index is 3.48. The Hall–Kier alpha value is 0.0700. The van der Waals surface area contributed by atoms with E-state index >= 15 is 0 Å². The molecule has 0 saturated carbocycles. The highest BCUT2D eigenvalue weighted by atomic mass is 31.2. The minimum absolute atomic E-state index is 0.112. The summed E-state index contributed by atoms with van der Waals surface area (Å²) in [4.78, 5) is 9.13. The van der Waals surface area contributed by atoms with Gasteiger partial charge in [-0.05, 0) is 13.3 Å². The lowest BCUT2D eigenvalue weighted by atomic mass is 10.1. The van der Waals surface area contributed by atoms with E-state index in [1.807, 2.05) is 0 Å². The highest BCUT2D eigenvalue weighted by molar-refractivity contribution is 7.47. The molecule has 0 rings (SSSR count). The van der Waals surface area contributed by atoms with Crippen LogP contribution in [0.15, 0.2) is 0 Å². The fourth-order valence-electron chi connectivity index (χ4n) is 1.62. The van der Waals surface area contributed by atoms with Crippen molar-refractivity contribution in [3.8, 4) is 0 Å². The van der Waals surface area contributed by atoms with Crippen LogP contribution in [0, 0.1) is 0 Å². The minimum atomic E-state index is -3.96. The Bertz CT molecular complexity index is 235. The van der Waals surface area contributed by atoms with Crippen LogP contribution >= 0.6 is 7.82 Å². The maximum atomic E-state index is 11.2. The molecule has 2 N–H and O–H groups in total. The number of hydrogen-bond donors (Lipinski definition) is 2. The molecule has 2 unspecified atom stereocenters. The fraction of sp³-hybridized carbons (Fsp3) is 1.00. The largest absolute Gasteiger partial charge is 0.472 e. The van der Waals surface area contributed by atoms with Gasteiger partial charge in [-0.1, -0.05) is 45.4 Å². The van der Waals surface area contributed by atoms with Gasteiger partial charge in [0.1, 0.15) is 0 Å². The van der Waals surface area contributed by atoms with Gasteiger partial charge in [0.2, 0.25) is 0 Å². The van der Waals surface area contributed by atoms with Gasteiger partial charge in [-0.2, -0.15) is 0 Å². The van der Waals surface area contributed by atoms with Crippen molar-refractivity contribution in [2.24, 2.45) is 0 Å². The fourth-order valence-corrected chi connectivity index (χ4v) is 2.39. The molecule has 0 aromatic rings. The molecular formula is C12H27O5P. The number of unbranched alkanes of at least 4 members (excludes halogenated alkanes) is 5. The van der Waals surface area contributed by atoms with E-state index in [-0.39, 0.29) is 13.2 Å². The van der Waals surface area contributed by atoms with Gasteiger partial charge in [-0.25, -0.2) is 4.57 Å². The van der Waals surface area contributed by atoms with Gasteiger partial charge in [0.05, 0.1) is 19.3 Å². The Labute approximate surface area is 110 Å². The van der Waals surface area contributed by atoms with E-state index in [1.165, 1.54) is 25.7 Å². The molecule has 0 aliphatic heterocycles. The summed E-state index contributed by atoms with van der Waals surface area (Å²) >= 11 is 0. The van der Waals surface area contributed by atoms with Gasteiger partial charge < -0.3 is 10.00 Å². The summed E-state index contributed by atoms with van der Waals surface area (Å²) in [5.41, 5.74) is 0. The molecule has 0 bridgehead atoms. The van der Waals surface area contributed by atoms with Crippen molar-refractivity contribution in [3.63, 3.8) is 0 Å². The summed E-state index contributed by atoms with van der Waals surface area (Å²) in [6.45, 7) is 3.75. The second-order valence-electron chi connectivity index (χ2n) is 4.39. The number of hydrogen-bond acceptors (Lipinski definition) is 4. The molecule has 18 heavy (non-hydrogen) atoms. The van der Waals surface area contributed by atoms with Crippen molar-refractivity contribution in [1.29, 1.82) is 0 Å². The Kier molecular flexibility index (Phi) is 11.0. The summed E-state index contributed by atoms with van der Waals surface area (Å²) in [6.07, 6.45) is 6.79. The molecule has 0 aliphatic rings. The Morgan fingerprint density at radius 2 is 1.67 bits per heavy atom. The van der Waals surface area contributed by atoms with Crippen molar-refractivity contribution in [3.05, 3.63) is 0 Å². The molecule has 0 saturated heterocycles. The van der Waals surface area contributed by atoms with Crippen LogP contribution in [0.3, 0.4) is 0 Å². The lowest BCUT2D eigenvalue weighted by Crippen LogP contribution is -2.14. The van der Waals surface area contributed by atoms with Crippen molar-refractivity contribution < 1.29 is 23.6 Å². The third kappa shape index (κ3) is 11.2. The van der Waals surface area contributed by atoms with E-state index in [0.717, 1.165) is 12.8 Å². The average molecular weight is 282 g/mol. The Morgan fingerprint density at radius 3 is 2.28 bits per heavy atom. The van der Waals surface area contributed by atoms with Crippen molar-refractivity contribution in [2.45, 2.75) is 64.9 Å². The minimum Gasteiger partial charge on any atom is -0.391 e. The predicted octanol–water partition coefficient (Wildman–Crippen LogP) is 3.25. The summed E-state index contributed by atoms with van der Waals surface area (Å²) in [5.74, 6) is 0. The molecule has 0 aromatic heterocycles. The molecule has 110 valence electrons. The highest BCUT2D eigenvalue weighted by Gasteiger charge is 2.21. The Morgan fingerprint density at radius 1 is 1.06 bits per heavy atom. The normalized spacial score (nSPS) is 16.4. The van der Waals surface area contributed by atoms with Gasteiger partial charge in [-0.15, -0.1) is 0 Å². The van der Waals surface area contributed by atoms with Crippen LogP contribution in [0.2, 0.25) is 0 Å². The maximum Gasteiger partial charge on any atom is 0.472 e. The number of aliphatic hydroxyl groups excluding tert-OH is 1. The molecule has 0 amide bonds. The van der Waals surface area contributed by atoms with Crippen LogP contribution in [0.5, 0.6) is 0 Å². The monoisotopic (exact) mass is 282 g/mol. The molecule has 0 heterocycles. The molecule has 6 heteroatoms. The molecule has 0 fully saturated rings. The summed E-state index contributed by atoms with van der Waals surface area (Å²) in [5, 5.41) is 9.57. The van der Waals surface area contributed by atoms with Gasteiger partial charge in [0, 0.05) is 0 Å². The second kappa shape index (κ2) is 10.9. The van der Waals surface area contributed by atoms with E-state index in [1.54, 1.807) is 6.92 Å². The first-order valence-electron chi connectivity index (χ1n) is 6.81. The molecule has 0 radical (unpaired) electrons. The van der Waals surface area contributed by atoms with Crippen LogP contribution in [-0.2, 0) is 13.6 Å². The molecule has 2 atom stereocenters. The van der Waals surface area contributed by atoms with Crippen molar-refractivity contribution in [1.82, 2.24) is 0 Å². The van der Waals surface area contributed by atoms with Crippen LogP contribution in [0.1, 0.15) is 58.8 Å². The third-order valence-electron chi connectivity index (χ3n) is 2.61. The van der Waals surface area contributed by atoms with Gasteiger partial charge in [0.25, 0.3) is 0 Å². The lowest BCUT2D eigenvalue weighted by Gasteiger charge is -2.14. The number of phosphoric acid groups is 1. The summed E-state index contributed by atoms with van der Waals surface area (Å²) < 4.78 is 20.4. The van der Waals surface area contributed by atoms with Crippen molar-refractivity contribution >= 4 is 7.82 Å². The zero-order chi connectivity index (χ0) is 13.9. The first-order valence-corrected chi connectivity index (χ1v) is 8.31. The van der Waals surface area contributed by atoms with Crippen LogP contribution in [-0.4, -0.2) is 29.3 Å². The molecular weight excluding hydrogens is 255 g/mol. The molecule has 0 aliphatic carbocycles. The predicted molar refractivity (Wildman–Crippen MR) is 71.4 cm³/mol. The smallest absolute Gasteiger partial charge is 0.391 e. The van der Waals surface area contributed by atoms with Crippen LogP contribution in [0.25, 0.3) is 0 Å². The van der Waals surface area contributed by atoms with Gasteiger partial charge >= 0.3 is 7.82 Å².